The van der Waals surface area contributed by atoms with Gasteiger partial charge in [0.15, 0.2) is 11.5 Å². The van der Waals surface area contributed by atoms with Crippen LogP contribution in [0.1, 0.15) is 12.8 Å². The number of halogens is 42. The predicted molar refractivity (Wildman–Crippen MR) is 268 cm³/mol. The number of alkyl halides is 26. The summed E-state index contributed by atoms with van der Waals surface area (Å²) in [5, 5.41) is -6.19. The molecule has 104 heavy (non-hydrogen) atoms. The van der Waals surface area contributed by atoms with Gasteiger partial charge in [-0.2, -0.15) is 184 Å². The average molecular weight is 1620 g/mol. The maximum atomic E-state index is 17.2. The highest BCUT2D eigenvalue weighted by atomic mass is 28.4. The van der Waals surface area contributed by atoms with E-state index in [1.165, 1.54) is 0 Å². The van der Waals surface area contributed by atoms with Crippen molar-refractivity contribution in [2.75, 3.05) is 0 Å². The molecule has 5 rings (SSSR count). The van der Waals surface area contributed by atoms with Crippen molar-refractivity contribution in [2.24, 2.45) is 0 Å². The average Bonchev–Trinajstić information content (AvgIpc) is 0.717. The Morgan fingerprint density at radius 1 is 0.250 bits per heavy atom. The highest BCUT2D eigenvalue weighted by molar-refractivity contribution is 6.98. The van der Waals surface area contributed by atoms with Crippen molar-refractivity contribution in [1.29, 1.82) is 0 Å². The Bertz CT molecular complexity index is 3600. The predicted octanol–water partition coefficient (Wildman–Crippen LogP) is 20.4. The van der Waals surface area contributed by atoms with Crippen LogP contribution >= 0.6 is 0 Å². The van der Waals surface area contributed by atoms with E-state index in [0.29, 0.717) is 0 Å². The van der Waals surface area contributed by atoms with E-state index in [9.17, 15) is 132 Å². The maximum Gasteiger partial charge on any atom is 0.460 e. The molecule has 0 aromatic heterocycles. The van der Waals surface area contributed by atoms with Gasteiger partial charge in [0.1, 0.15) is 23.0 Å². The molecule has 50 heteroatoms. The molecule has 0 radical (unpaired) electrons. The van der Waals surface area contributed by atoms with Crippen molar-refractivity contribution in [2.45, 2.75) is 96.5 Å². The van der Waals surface area contributed by atoms with Gasteiger partial charge in [-0.25, -0.2) is 0 Å². The molecule has 0 heterocycles. The van der Waals surface area contributed by atoms with Crippen LogP contribution < -0.4 is 48.5 Å². The van der Waals surface area contributed by atoms with Crippen LogP contribution in [-0.2, 0) is 0 Å². The Balaban J connectivity index is 1.96. The lowest BCUT2D eigenvalue weighted by atomic mass is 9.93. The summed E-state index contributed by atoms with van der Waals surface area (Å²) in [5.74, 6) is -109. The van der Waals surface area contributed by atoms with Crippen molar-refractivity contribution in [3.8, 4) is 34.5 Å². The molecule has 0 aliphatic rings. The van der Waals surface area contributed by atoms with Crippen molar-refractivity contribution in [3.63, 3.8) is 0 Å². The van der Waals surface area contributed by atoms with Crippen molar-refractivity contribution in [1.82, 2.24) is 0 Å². The summed E-state index contributed by atoms with van der Waals surface area (Å²) in [6.07, 6.45) is -37.0. The van der Waals surface area contributed by atoms with Gasteiger partial charge in [-0.15, -0.1) is 0 Å². The summed E-state index contributed by atoms with van der Waals surface area (Å²) >= 11 is 0. The van der Waals surface area contributed by atoms with Crippen LogP contribution in [0, 0.1) is 23.3 Å². The van der Waals surface area contributed by atoms with E-state index in [1.54, 1.807) is 0 Å². The van der Waals surface area contributed by atoms with Gasteiger partial charge in [0, 0.05) is 12.8 Å². The number of rotatable bonds is 30. The first kappa shape index (κ1) is 86.0. The minimum Gasteiger partial charge on any atom is -0.530 e. The first-order valence-corrected chi connectivity index (χ1v) is 30.3. The fraction of sp³-hybridized carbons (Fsp3) is 0.296. The van der Waals surface area contributed by atoms with E-state index < -0.39 is 240 Å². The summed E-state index contributed by atoms with van der Waals surface area (Å²) in [4.78, 5) is 0. The lowest BCUT2D eigenvalue weighted by Gasteiger charge is -2.41. The highest BCUT2D eigenvalue weighted by Crippen LogP contribution is 2.63. The monoisotopic (exact) mass is 1620 g/mol. The topological polar surface area (TPSA) is 55.4 Å². The van der Waals surface area contributed by atoms with Gasteiger partial charge in [-0.3, -0.25) is 0 Å². The summed E-state index contributed by atoms with van der Waals surface area (Å²) in [6, 6.07) is -17.4. The Hall–Kier alpha value is -8.65. The van der Waals surface area contributed by atoms with E-state index in [-0.39, 0.29) is 97.1 Å². The molecule has 6 nitrogen and oxygen atoms in total. The molecule has 0 unspecified atom stereocenters. The van der Waals surface area contributed by atoms with Crippen LogP contribution in [0.5, 0.6) is 34.5 Å². The lowest BCUT2D eigenvalue weighted by molar-refractivity contribution is -0.440. The van der Waals surface area contributed by atoms with Crippen LogP contribution in [0.15, 0.2) is 145 Å². The Morgan fingerprint density at radius 2 is 0.423 bits per heavy atom. The molecule has 5 aromatic carbocycles. The van der Waals surface area contributed by atoms with Crippen LogP contribution in [0.4, 0.5) is 184 Å². The summed E-state index contributed by atoms with van der Waals surface area (Å²) in [6.45, 7) is 0. The van der Waals surface area contributed by atoms with Crippen molar-refractivity contribution < 1.29 is 212 Å². The van der Waals surface area contributed by atoms with E-state index in [0.717, 1.165) is 0 Å². The molecule has 0 saturated heterocycles. The molecule has 0 spiro atoms. The molecular formula is C54H24F42O6Si2. The third-order valence-electron chi connectivity index (χ3n) is 14.0. The Morgan fingerprint density at radius 3 is 0.587 bits per heavy atom. The lowest BCUT2D eigenvalue weighted by Crippen LogP contribution is -2.70. The molecule has 0 aliphatic carbocycles. The summed E-state index contributed by atoms with van der Waals surface area (Å²) < 4.78 is 632. The quantitative estimate of drug-likeness (QED) is 0.0198. The van der Waals surface area contributed by atoms with Gasteiger partial charge in [0.05, 0.1) is 0 Å². The zero-order chi connectivity index (χ0) is 80.1. The second-order valence-corrected chi connectivity index (χ2v) is 27.4. The first-order valence-electron chi connectivity index (χ1n) is 26.1. The van der Waals surface area contributed by atoms with Gasteiger partial charge in [0.2, 0.25) is 23.3 Å². The SMILES string of the molecule is FC(F)=C(F)Oc1ccc([Si](CCC(F)(F)C(F)(F)C(F)(F)C(F)(F)C(F)(F)C(F)(F)F)(Oc2c(F)c(F)c(O[Si](CCC(F)(F)C(F)(F)C(F)(F)C(F)(F)C(F)(F)C(F)(F)F)(c3ccc(OC(F)=C(F)F)cc3)c3ccc(OC(F)=C(F)F)cc3)c(F)c2F)c2ccc(OC(F)=C(F)F)cc2)cc1. The molecule has 0 aliphatic heterocycles. The van der Waals surface area contributed by atoms with E-state index in [4.69, 9.17) is 8.85 Å². The van der Waals surface area contributed by atoms with Gasteiger partial charge in [-0.1, -0.05) is 48.5 Å². The molecular weight excluding hydrogens is 1600 g/mol. The molecule has 5 aromatic rings. The summed E-state index contributed by atoms with van der Waals surface area (Å²) in [7, 11) is -13.7. The molecule has 0 amide bonds. The zero-order valence-corrected chi connectivity index (χ0v) is 50.4. The van der Waals surface area contributed by atoms with Crippen LogP contribution in [0.25, 0.3) is 0 Å². The minimum absolute atomic E-state index is 0.0145. The normalized spacial score (nSPS) is 13.6. The van der Waals surface area contributed by atoms with Gasteiger partial charge < -0.3 is 27.8 Å². The van der Waals surface area contributed by atoms with E-state index in [2.05, 4.69) is 18.9 Å². The second-order valence-electron chi connectivity index (χ2n) is 20.4. The first-order chi connectivity index (χ1) is 47.0. The van der Waals surface area contributed by atoms with E-state index in [1.807, 2.05) is 0 Å². The third-order valence-corrected chi connectivity index (χ3v) is 22.1. The molecule has 578 valence electrons. The summed E-state index contributed by atoms with van der Waals surface area (Å²) in [5.41, 5.74) is 0. The maximum absolute atomic E-state index is 17.2. The zero-order valence-electron chi connectivity index (χ0n) is 48.4. The Labute approximate surface area is 548 Å². The molecule has 0 fully saturated rings. The second kappa shape index (κ2) is 29.4. The molecule has 0 atom stereocenters. The van der Waals surface area contributed by atoms with Crippen LogP contribution in [-0.4, -0.2) is 88.2 Å². The fourth-order valence-electron chi connectivity index (χ4n) is 8.69. The molecule has 0 saturated carbocycles. The van der Waals surface area contributed by atoms with Crippen molar-refractivity contribution >= 4 is 37.4 Å². The van der Waals surface area contributed by atoms with Gasteiger partial charge in [-0.05, 0) is 81.4 Å². The number of hydrogen-bond acceptors (Lipinski definition) is 6. The number of ether oxygens (including phenoxy) is 4. The smallest absolute Gasteiger partial charge is 0.460 e. The standard InChI is InChI=1S/C54H24F42O6Si2/c55-29-31(57)34(102-104(27-13-5-23(6-14-27)99-41(69)37(63)64,28-15-7-24(8-16-28)100-42(70)38(65)66)20-18-44(73,74)46(77,78)48(81,82)50(85,86)52(89,90)54(94,95)96)32(58)30(56)33(29)101-103(25-9-1-21(2-10-25)97-39(67)35(59)60,26-11-3-22(4-12-26)98-40(68)36(61)62)19-17-43(71,72)45(75,76)47(79,80)49(83,84)51(87,88)53(91,92)93/h1-16H,17-20H2. The van der Waals surface area contributed by atoms with E-state index >= 15 is 52.7 Å². The minimum atomic E-state index is -8.72. The number of hydrogen-bond donors (Lipinski definition) is 0. The highest BCUT2D eigenvalue weighted by Gasteiger charge is 2.92. The fourth-order valence-corrected chi connectivity index (χ4v) is 16.4. The Kier molecular flexibility index (Phi) is 24.3. The van der Waals surface area contributed by atoms with Crippen LogP contribution in [0.3, 0.4) is 0 Å². The molecule has 0 bridgehead atoms. The third kappa shape index (κ3) is 15.7. The number of benzene rings is 5. The van der Waals surface area contributed by atoms with Gasteiger partial charge in [0.25, 0.3) is 0 Å². The molecule has 0 N–H and O–H groups in total. The largest absolute Gasteiger partial charge is 0.530 e. The van der Waals surface area contributed by atoms with Crippen molar-refractivity contribution in [3.05, 3.63) is 169 Å². The van der Waals surface area contributed by atoms with Gasteiger partial charge >= 0.3 is 137 Å². The van der Waals surface area contributed by atoms with Crippen LogP contribution in [0.2, 0.25) is 12.1 Å².